The van der Waals surface area contributed by atoms with Gasteiger partial charge in [-0.05, 0) is 36.8 Å². The van der Waals surface area contributed by atoms with E-state index in [1.165, 1.54) is 6.33 Å². The maximum absolute atomic E-state index is 6.09. The van der Waals surface area contributed by atoms with Crippen molar-refractivity contribution in [3.63, 3.8) is 0 Å². The molecule has 0 atom stereocenters. The van der Waals surface area contributed by atoms with Gasteiger partial charge in [0.15, 0.2) is 5.65 Å². The maximum atomic E-state index is 6.09. The lowest BCUT2D eigenvalue weighted by molar-refractivity contribution is 1.19. The topological polar surface area (TPSA) is 145 Å². The van der Waals surface area contributed by atoms with Crippen molar-refractivity contribution in [3.05, 3.63) is 84.3 Å². The molecule has 6 aromatic rings. The van der Waals surface area contributed by atoms with Crippen molar-refractivity contribution in [2.75, 3.05) is 0 Å². The van der Waals surface area contributed by atoms with Gasteiger partial charge in [0, 0.05) is 33.3 Å². The molecule has 0 aliphatic rings. The summed E-state index contributed by atoms with van der Waals surface area (Å²) < 4.78 is 0. The van der Waals surface area contributed by atoms with Crippen LogP contribution in [0.15, 0.2) is 73.7 Å². The summed E-state index contributed by atoms with van der Waals surface area (Å²) in [6.07, 6.45) is 6.51. The molecule has 0 bridgehead atoms. The Balaban J connectivity index is 0.00000124. The van der Waals surface area contributed by atoms with Crippen LogP contribution in [0.4, 0.5) is 0 Å². The van der Waals surface area contributed by atoms with Crippen LogP contribution in [0, 0.1) is 6.92 Å². The number of hydrogen-bond donors (Lipinski definition) is 3. The molecule has 9 nitrogen and oxygen atoms in total. The average Bonchev–Trinajstić information content (AvgIpc) is 3.39. The lowest BCUT2D eigenvalue weighted by Crippen LogP contribution is -2.02. The van der Waals surface area contributed by atoms with E-state index in [9.17, 15) is 0 Å². The summed E-state index contributed by atoms with van der Waals surface area (Å²) in [7, 11) is 0. The Morgan fingerprint density at radius 3 is 2.37 bits per heavy atom. The van der Waals surface area contributed by atoms with Crippen molar-refractivity contribution < 1.29 is 0 Å². The Morgan fingerprint density at radius 2 is 1.54 bits per heavy atom. The minimum atomic E-state index is 0.608. The highest BCUT2D eigenvalue weighted by atomic mass is 35.5. The zero-order valence-corrected chi connectivity index (χ0v) is 19.4. The summed E-state index contributed by atoms with van der Waals surface area (Å²) >= 11 is 6.09. The molecule has 4 aromatic heterocycles. The number of pyridine rings is 1. The Labute approximate surface area is 205 Å². The molecular weight excluding hydrogens is 462 g/mol. The number of nitrogens with one attached hydrogen (secondary N) is 1. The first-order valence-corrected chi connectivity index (χ1v) is 11.0. The first kappa shape index (κ1) is 22.5. The summed E-state index contributed by atoms with van der Waals surface area (Å²) in [6.45, 7) is 2.06. The second kappa shape index (κ2) is 9.51. The average molecular weight is 482 g/mol. The Kier molecular flexibility index (Phi) is 6.11. The molecule has 2 aromatic carbocycles. The predicted molar refractivity (Wildman–Crippen MR) is 137 cm³/mol. The van der Waals surface area contributed by atoms with E-state index in [4.69, 9.17) is 16.6 Å². The van der Waals surface area contributed by atoms with Gasteiger partial charge in [-0.1, -0.05) is 35.9 Å². The van der Waals surface area contributed by atoms with Gasteiger partial charge >= 0.3 is 0 Å². The fraction of sp³-hybridized carbons (Fsp3) is 0.0400. The molecule has 172 valence electrons. The van der Waals surface area contributed by atoms with E-state index < -0.39 is 0 Å². The molecule has 0 spiro atoms. The van der Waals surface area contributed by atoms with Crippen LogP contribution in [-0.4, -0.2) is 34.9 Å². The van der Waals surface area contributed by atoms with Crippen molar-refractivity contribution in [1.82, 2.24) is 34.9 Å². The SMILES string of the molecule is Cc1ccc2c(-c3ccc(Cl)cc3)ncnc2c1-c1ncccc1-c1ncnc2nc[nH]c12.NN. The summed E-state index contributed by atoms with van der Waals surface area (Å²) in [5.41, 5.74) is 8.40. The highest BCUT2D eigenvalue weighted by Crippen LogP contribution is 2.38. The predicted octanol–water partition coefficient (Wildman–Crippen LogP) is 4.47. The lowest BCUT2D eigenvalue weighted by atomic mass is 9.94. The van der Waals surface area contributed by atoms with Gasteiger partial charge < -0.3 is 4.98 Å². The van der Waals surface area contributed by atoms with Crippen molar-refractivity contribution in [1.29, 1.82) is 0 Å². The van der Waals surface area contributed by atoms with Gasteiger partial charge in [0.05, 0.1) is 23.2 Å². The molecule has 0 radical (unpaired) electrons. The number of aromatic amines is 1. The normalized spacial score (nSPS) is 10.9. The van der Waals surface area contributed by atoms with Gasteiger partial charge in [-0.3, -0.25) is 16.7 Å². The Hall–Kier alpha value is -4.31. The molecule has 6 rings (SSSR count). The van der Waals surface area contributed by atoms with E-state index in [1.807, 2.05) is 36.4 Å². The fourth-order valence-corrected chi connectivity index (χ4v) is 4.26. The largest absolute Gasteiger partial charge is 0.341 e. The first-order chi connectivity index (χ1) is 17.2. The van der Waals surface area contributed by atoms with E-state index >= 15 is 0 Å². The third kappa shape index (κ3) is 3.97. The number of hydrogen-bond acceptors (Lipinski definition) is 8. The van der Waals surface area contributed by atoms with Crippen molar-refractivity contribution in [3.8, 4) is 33.8 Å². The number of H-pyrrole nitrogens is 1. The second-order valence-corrected chi connectivity index (χ2v) is 8.04. The maximum Gasteiger partial charge on any atom is 0.181 e. The van der Waals surface area contributed by atoms with Gasteiger partial charge in [0.25, 0.3) is 0 Å². The van der Waals surface area contributed by atoms with Crippen LogP contribution in [0.3, 0.4) is 0 Å². The molecular formula is C25H20ClN9. The van der Waals surface area contributed by atoms with E-state index in [1.54, 1.807) is 18.9 Å². The zero-order valence-electron chi connectivity index (χ0n) is 18.6. The van der Waals surface area contributed by atoms with E-state index in [-0.39, 0.29) is 0 Å². The molecule has 10 heteroatoms. The van der Waals surface area contributed by atoms with Crippen LogP contribution in [0.1, 0.15) is 5.56 Å². The molecule has 0 saturated carbocycles. The van der Waals surface area contributed by atoms with Crippen molar-refractivity contribution in [2.24, 2.45) is 11.7 Å². The standard InChI is InChI=1S/C25H16ClN7.H4N2/c1-14-4-9-18-20(15-5-7-16(26)8-6-15)28-11-29-22(18)19(14)21-17(3-2-10-27-21)23-24-25(32-12-30-23)33-13-31-24;1-2/h2-13H,1H3,(H,30,31,32,33);1-2H2. The quantitative estimate of drug-likeness (QED) is 0.248. The first-order valence-electron chi connectivity index (χ1n) is 10.6. The smallest absolute Gasteiger partial charge is 0.181 e. The van der Waals surface area contributed by atoms with Crippen molar-refractivity contribution >= 4 is 33.7 Å². The van der Waals surface area contributed by atoms with E-state index in [0.717, 1.165) is 55.8 Å². The van der Waals surface area contributed by atoms with Gasteiger partial charge in [0.2, 0.25) is 0 Å². The van der Waals surface area contributed by atoms with Crippen molar-refractivity contribution in [2.45, 2.75) is 6.92 Å². The number of halogens is 1. The van der Waals surface area contributed by atoms with Gasteiger partial charge in [-0.15, -0.1) is 0 Å². The number of hydrazine groups is 1. The zero-order chi connectivity index (χ0) is 24.4. The molecule has 0 fully saturated rings. The number of rotatable bonds is 3. The number of nitrogens with zero attached hydrogens (tertiary/aromatic N) is 6. The van der Waals surface area contributed by atoms with E-state index in [2.05, 4.69) is 60.6 Å². The fourth-order valence-electron chi connectivity index (χ4n) is 4.13. The minimum absolute atomic E-state index is 0.608. The number of nitrogens with two attached hydrogens (primary N) is 2. The number of benzene rings is 2. The summed E-state index contributed by atoms with van der Waals surface area (Å²) in [4.78, 5) is 30.2. The number of aryl methyl sites for hydroxylation is 1. The van der Waals surface area contributed by atoms with Gasteiger partial charge in [-0.25, -0.2) is 24.9 Å². The van der Waals surface area contributed by atoms with Crippen LogP contribution < -0.4 is 11.7 Å². The Morgan fingerprint density at radius 1 is 0.771 bits per heavy atom. The lowest BCUT2D eigenvalue weighted by Gasteiger charge is -2.14. The molecule has 0 unspecified atom stereocenters. The number of fused-ring (bicyclic) bond motifs is 2. The van der Waals surface area contributed by atoms with Gasteiger partial charge in [0.1, 0.15) is 23.9 Å². The highest BCUT2D eigenvalue weighted by Gasteiger charge is 2.20. The molecule has 0 aliphatic carbocycles. The van der Waals surface area contributed by atoms with Crippen LogP contribution in [-0.2, 0) is 0 Å². The third-order valence-corrected chi connectivity index (χ3v) is 5.91. The van der Waals surface area contributed by atoms with Crippen LogP contribution in [0.5, 0.6) is 0 Å². The summed E-state index contributed by atoms with van der Waals surface area (Å²) in [5, 5.41) is 1.62. The van der Waals surface area contributed by atoms with Crippen LogP contribution in [0.2, 0.25) is 5.02 Å². The molecule has 35 heavy (non-hydrogen) atoms. The third-order valence-electron chi connectivity index (χ3n) is 5.66. The van der Waals surface area contributed by atoms with Crippen LogP contribution >= 0.6 is 11.6 Å². The summed E-state index contributed by atoms with van der Waals surface area (Å²) in [5.74, 6) is 8.00. The molecule has 0 amide bonds. The molecule has 0 aliphatic heterocycles. The highest BCUT2D eigenvalue weighted by molar-refractivity contribution is 6.30. The molecule has 0 saturated heterocycles. The van der Waals surface area contributed by atoms with Crippen LogP contribution in [0.25, 0.3) is 55.8 Å². The number of imidazole rings is 1. The van der Waals surface area contributed by atoms with E-state index in [0.29, 0.717) is 10.7 Å². The number of aromatic nitrogens is 7. The monoisotopic (exact) mass is 481 g/mol. The minimum Gasteiger partial charge on any atom is -0.341 e. The Bertz CT molecular complexity index is 1650. The summed E-state index contributed by atoms with van der Waals surface area (Å²) in [6, 6.07) is 15.7. The second-order valence-electron chi connectivity index (χ2n) is 7.61. The molecule has 4 heterocycles. The molecule has 5 N–H and O–H groups in total. The van der Waals surface area contributed by atoms with Gasteiger partial charge in [-0.2, -0.15) is 0 Å².